The molecule has 0 unspecified atom stereocenters. The Morgan fingerprint density at radius 1 is 0.196 bits per heavy atom. The van der Waals surface area contributed by atoms with Gasteiger partial charge in [-0.1, -0.05) is 77.0 Å². The molecule has 0 aromatic heterocycles. The van der Waals surface area contributed by atoms with Gasteiger partial charge in [-0.05, 0) is 112 Å². The predicted octanol–water partition coefficient (Wildman–Crippen LogP) is 9.04. The molecular weight excluding hydrogens is 982 g/mol. The predicted molar refractivity (Wildman–Crippen MR) is 257 cm³/mol. The van der Waals surface area contributed by atoms with E-state index in [1.165, 1.54) is 77.0 Å². The van der Waals surface area contributed by atoms with Crippen molar-refractivity contribution >= 4 is 103 Å². The van der Waals surface area contributed by atoms with Crippen LogP contribution in [0.15, 0.2) is 0 Å². The summed E-state index contributed by atoms with van der Waals surface area (Å²) in [6.45, 7) is 2.04. The van der Waals surface area contributed by atoms with Crippen LogP contribution in [-0.4, -0.2) is 105 Å². The third-order valence-electron chi connectivity index (χ3n) is 6.40. The first-order valence-corrected chi connectivity index (χ1v) is 22.6. The molecule has 0 spiro atoms. The van der Waals surface area contributed by atoms with Crippen molar-refractivity contribution in [1.82, 2.24) is 0 Å². The zero-order chi connectivity index (χ0) is 37.5. The summed E-state index contributed by atoms with van der Waals surface area (Å²) in [6, 6.07) is 0. The van der Waals surface area contributed by atoms with Gasteiger partial charge < -0.3 is 30.6 Å². The van der Waals surface area contributed by atoms with Gasteiger partial charge in [-0.2, -0.15) is 103 Å². The van der Waals surface area contributed by atoms with Gasteiger partial charge in [0.05, 0.1) is 0 Å². The molecule has 0 aromatic carbocycles. The molecule has 0 atom stereocenters. The molecule has 51 heavy (non-hydrogen) atoms. The van der Waals surface area contributed by atoms with Crippen LogP contribution in [0.5, 0.6) is 0 Å². The van der Waals surface area contributed by atoms with Crippen molar-refractivity contribution in [3.05, 3.63) is 0 Å². The van der Waals surface area contributed by atoms with Gasteiger partial charge >= 0.3 is 0 Å². The van der Waals surface area contributed by atoms with Crippen LogP contribution in [0.2, 0.25) is 0 Å². The summed E-state index contributed by atoms with van der Waals surface area (Å²) < 4.78 is 0. The Kier molecular flexibility index (Phi) is 139. The Hall–Kier alpha value is 3.30. The first-order chi connectivity index (χ1) is 23.5. The van der Waals surface area contributed by atoms with E-state index in [2.05, 4.69) is 75.8 Å². The van der Waals surface area contributed by atoms with Crippen LogP contribution in [0.3, 0.4) is 0 Å². The minimum atomic E-state index is 0. The van der Waals surface area contributed by atoms with Crippen molar-refractivity contribution in [3.63, 3.8) is 0 Å². The number of thiol groups is 6. The van der Waals surface area contributed by atoms with Gasteiger partial charge in [0, 0.05) is 62.0 Å². The molecule has 0 rings (SSSR count). The molecule has 0 aliphatic heterocycles. The third-order valence-corrected chi connectivity index (χ3v) is 8.29. The number of hydrogen-bond donors (Lipinski definition) is 12. The van der Waals surface area contributed by atoms with Gasteiger partial charge in [0.2, 0.25) is 0 Å². The maximum Gasteiger partial charge on any atom is 0.0431 e. The number of rotatable bonds is 30. The Labute approximate surface area is 380 Å². The molecule has 0 amide bonds. The fourth-order valence-corrected chi connectivity index (χ4v) is 4.80. The standard InChI is InChI=1S/6C6H14OS.Au.2H2S/c6*7-5-3-1-2-4-6-8;;;/h6*7-8H,1-6H2;;2*1H2. The molecule has 6 N–H and O–H groups in total. The molecule has 0 aliphatic carbocycles. The molecule has 0 fully saturated rings. The van der Waals surface area contributed by atoms with E-state index in [-0.39, 0.29) is 49.4 Å². The fourth-order valence-electron chi connectivity index (χ4n) is 3.46. The quantitative estimate of drug-likeness (QED) is 0.0199. The van der Waals surface area contributed by atoms with Crippen LogP contribution in [-0.2, 0) is 22.4 Å². The van der Waals surface area contributed by atoms with Crippen LogP contribution in [0.1, 0.15) is 154 Å². The van der Waals surface area contributed by atoms with Crippen molar-refractivity contribution < 1.29 is 53.0 Å². The van der Waals surface area contributed by atoms with Crippen LogP contribution in [0.25, 0.3) is 0 Å². The largest absolute Gasteiger partial charge is 0.396 e. The normalized spacial score (nSPS) is 9.18. The molecule has 0 bridgehead atoms. The molecule has 0 aliphatic rings. The Bertz CT molecular complexity index is 307. The average molecular weight is 1070 g/mol. The molecule has 1 radical (unpaired) electrons. The van der Waals surface area contributed by atoms with Gasteiger partial charge in [0.15, 0.2) is 0 Å². The molecule has 0 heterocycles. The second-order valence-corrected chi connectivity index (χ2v) is 13.9. The van der Waals surface area contributed by atoms with Crippen molar-refractivity contribution in [1.29, 1.82) is 0 Å². The first kappa shape index (κ1) is 75.2. The van der Waals surface area contributed by atoms with Gasteiger partial charge in [-0.25, -0.2) is 0 Å². The molecule has 0 saturated heterocycles. The second kappa shape index (κ2) is 94.4. The molecule has 0 aromatic rings. The van der Waals surface area contributed by atoms with E-state index < -0.39 is 0 Å². The van der Waals surface area contributed by atoms with Crippen LogP contribution in [0, 0.1) is 0 Å². The minimum absolute atomic E-state index is 0. The van der Waals surface area contributed by atoms with E-state index in [0.717, 1.165) is 112 Å². The number of aliphatic hydroxyl groups is 6. The van der Waals surface area contributed by atoms with Crippen molar-refractivity contribution in [2.45, 2.75) is 154 Å². The number of unbranched alkanes of at least 4 members (excludes halogenated alkanes) is 18. The number of aliphatic hydroxyl groups excluding tert-OH is 6. The van der Waals surface area contributed by atoms with Gasteiger partial charge in [-0.15, -0.1) is 0 Å². The summed E-state index contributed by atoms with van der Waals surface area (Å²) in [5.74, 6) is 5.87. The maximum absolute atomic E-state index is 8.35. The van der Waals surface area contributed by atoms with Crippen LogP contribution >= 0.6 is 103 Å². The SMILES string of the molecule is OCCCCCCS.OCCCCCCS.OCCCCCCS.OCCCCCCS.OCCCCCCS.OCCCCCCS.S.S.[Au]. The average Bonchev–Trinajstić information content (AvgIpc) is 3.11. The Balaban J connectivity index is -0.0000000586. The summed E-state index contributed by atoms with van der Waals surface area (Å²) in [7, 11) is 0. The topological polar surface area (TPSA) is 121 Å². The van der Waals surface area contributed by atoms with Gasteiger partial charge in [0.1, 0.15) is 0 Å². The van der Waals surface area contributed by atoms with Crippen molar-refractivity contribution in [2.24, 2.45) is 0 Å². The minimum Gasteiger partial charge on any atom is -0.396 e. The van der Waals surface area contributed by atoms with E-state index in [9.17, 15) is 0 Å². The third kappa shape index (κ3) is 126. The van der Waals surface area contributed by atoms with Gasteiger partial charge in [-0.3, -0.25) is 0 Å². The number of hydrogen-bond acceptors (Lipinski definition) is 12. The second-order valence-electron chi connectivity index (χ2n) is 11.2. The zero-order valence-electron chi connectivity index (χ0n) is 32.1. The van der Waals surface area contributed by atoms with E-state index in [1.54, 1.807) is 0 Å². The summed E-state index contributed by atoms with van der Waals surface area (Å²) in [4.78, 5) is 0. The summed E-state index contributed by atoms with van der Waals surface area (Å²) in [5.41, 5.74) is 0. The van der Waals surface area contributed by atoms with Crippen LogP contribution < -0.4 is 0 Å². The van der Waals surface area contributed by atoms with E-state index >= 15 is 0 Å². The van der Waals surface area contributed by atoms with Crippen molar-refractivity contribution in [3.8, 4) is 0 Å². The van der Waals surface area contributed by atoms with Gasteiger partial charge in [0.25, 0.3) is 0 Å². The molecule has 15 heteroatoms. The molecule has 327 valence electrons. The monoisotopic (exact) mass is 1070 g/mol. The van der Waals surface area contributed by atoms with E-state index in [4.69, 9.17) is 30.6 Å². The van der Waals surface area contributed by atoms with Crippen molar-refractivity contribution in [2.75, 3.05) is 74.2 Å². The molecule has 0 saturated carbocycles. The van der Waals surface area contributed by atoms with E-state index in [1.807, 2.05) is 0 Å². The fraction of sp³-hybridized carbons (Fsp3) is 1.00. The Morgan fingerprint density at radius 2 is 0.294 bits per heavy atom. The summed E-state index contributed by atoms with van der Waals surface area (Å²) in [6.07, 6.45) is 27.0. The summed E-state index contributed by atoms with van der Waals surface area (Å²) in [5, 5.41) is 50.1. The maximum atomic E-state index is 8.35. The summed E-state index contributed by atoms with van der Waals surface area (Å²) >= 11 is 24.4. The molecule has 6 nitrogen and oxygen atoms in total. The Morgan fingerprint density at radius 3 is 0.373 bits per heavy atom. The smallest absolute Gasteiger partial charge is 0.0431 e. The van der Waals surface area contributed by atoms with Crippen LogP contribution in [0.4, 0.5) is 0 Å². The molecular formula is C36H88AuO6S8. The zero-order valence-corrected chi connectivity index (χ0v) is 41.7. The first-order valence-electron chi connectivity index (χ1n) is 18.8. The van der Waals surface area contributed by atoms with E-state index in [0.29, 0.717) is 39.6 Å².